The molecule has 5 N–H and O–H groups in total. The first-order valence-electron chi connectivity index (χ1n) is 13.2. The fourth-order valence-corrected chi connectivity index (χ4v) is 1.68. The SMILES string of the molecule is C.C=COC(=O)COCCOCCOCC(=O)OC=C.C=COC(C)=O.CC(=O)O.CC(=O)O.O=C(O)COCCOCCOCC(=O)O.[K+].[OH-].[Pd]. The van der Waals surface area contributed by atoms with E-state index in [1.54, 1.807) is 0 Å². The van der Waals surface area contributed by atoms with Crippen molar-refractivity contribution >= 4 is 41.8 Å². The van der Waals surface area contributed by atoms with Crippen molar-refractivity contribution in [2.45, 2.75) is 28.2 Å². The van der Waals surface area contributed by atoms with Crippen LogP contribution in [-0.2, 0) is 96.6 Å². The van der Waals surface area contributed by atoms with E-state index in [0.29, 0.717) is 13.2 Å². The molecule has 0 amide bonds. The molecule has 0 aliphatic heterocycles. The van der Waals surface area contributed by atoms with E-state index in [1.807, 2.05) is 0 Å². The Morgan fingerprint density at radius 1 is 0.481 bits per heavy atom. The van der Waals surface area contributed by atoms with Crippen molar-refractivity contribution in [3.05, 3.63) is 38.5 Å². The Bertz CT molecular complexity index is 850. The largest absolute Gasteiger partial charge is 1.00 e. The van der Waals surface area contributed by atoms with Gasteiger partial charge in [-0.05, 0) is 0 Å². The second-order valence-corrected chi connectivity index (χ2v) is 7.35. The molecule has 0 aromatic heterocycles. The summed E-state index contributed by atoms with van der Waals surface area (Å²) in [7, 11) is 0. The Morgan fingerprint density at radius 3 is 0.865 bits per heavy atom. The third kappa shape index (κ3) is 110. The Hall–Kier alpha value is -2.47. The van der Waals surface area contributed by atoms with Gasteiger partial charge in [0.1, 0.15) is 26.4 Å². The van der Waals surface area contributed by atoms with E-state index in [9.17, 15) is 24.0 Å². The summed E-state index contributed by atoms with van der Waals surface area (Å²) < 4.78 is 42.4. The Kier molecular flexibility index (Phi) is 82.8. The molecule has 0 unspecified atom stereocenters. The quantitative estimate of drug-likeness (QED) is 0.0282. The van der Waals surface area contributed by atoms with Gasteiger partial charge in [0.05, 0.1) is 71.6 Å². The van der Waals surface area contributed by atoms with Crippen molar-refractivity contribution in [2.75, 3.05) is 79.3 Å². The van der Waals surface area contributed by atoms with Gasteiger partial charge in [-0.3, -0.25) is 14.4 Å². The van der Waals surface area contributed by atoms with E-state index in [-0.39, 0.29) is 157 Å². The molecule has 0 aromatic carbocycles. The summed E-state index contributed by atoms with van der Waals surface area (Å²) in [4.78, 5) is 69.4. The van der Waals surface area contributed by atoms with Crippen LogP contribution in [0.2, 0.25) is 0 Å². The van der Waals surface area contributed by atoms with E-state index < -0.39 is 35.8 Å². The predicted molar refractivity (Wildman–Crippen MR) is 170 cm³/mol. The first kappa shape index (κ1) is 71.0. The second kappa shape index (κ2) is 60.6. The number of aliphatic carboxylic acids is 4. The van der Waals surface area contributed by atoms with E-state index in [2.05, 4.69) is 43.4 Å². The smallest absolute Gasteiger partial charge is 0.870 e. The van der Waals surface area contributed by atoms with Gasteiger partial charge in [-0.1, -0.05) is 27.2 Å². The van der Waals surface area contributed by atoms with Crippen LogP contribution in [0.3, 0.4) is 0 Å². The minimum atomic E-state index is -1.03. The maximum Gasteiger partial charge on any atom is 1.00 e. The minimum absolute atomic E-state index is 0. The summed E-state index contributed by atoms with van der Waals surface area (Å²) in [6.45, 7) is 14.1. The number of ether oxygens (including phenoxy) is 9. The van der Waals surface area contributed by atoms with Gasteiger partial charge in [0.25, 0.3) is 11.9 Å². The first-order chi connectivity index (χ1) is 22.6. The molecule has 0 atom stereocenters. The summed E-state index contributed by atoms with van der Waals surface area (Å²) >= 11 is 0. The average molecular weight is 881 g/mol. The molecule has 0 bridgehead atoms. The van der Waals surface area contributed by atoms with Crippen molar-refractivity contribution in [1.29, 1.82) is 0 Å². The molecule has 0 saturated carbocycles. The van der Waals surface area contributed by atoms with Crippen molar-refractivity contribution < 1.29 is 174 Å². The molecule has 0 aliphatic carbocycles. The fourth-order valence-electron chi connectivity index (χ4n) is 1.68. The van der Waals surface area contributed by atoms with Gasteiger partial charge in [-0.2, -0.15) is 0 Å². The number of carboxylic acid groups (broad SMARTS) is 4. The van der Waals surface area contributed by atoms with Gasteiger partial charge in [0, 0.05) is 41.2 Å². The fraction of sp³-hybridized carbons (Fsp3) is 0.552. The van der Waals surface area contributed by atoms with Crippen molar-refractivity contribution in [1.82, 2.24) is 0 Å². The summed E-state index contributed by atoms with van der Waals surface area (Å²) in [6.07, 6.45) is 3.18. The molecule has 0 fully saturated rings. The number of hydrogen-bond donors (Lipinski definition) is 4. The van der Waals surface area contributed by atoms with Crippen LogP contribution in [0.4, 0.5) is 0 Å². The monoisotopic (exact) mass is 880 g/mol. The number of rotatable bonds is 23. The van der Waals surface area contributed by atoms with Crippen molar-refractivity contribution in [2.24, 2.45) is 0 Å². The van der Waals surface area contributed by atoms with E-state index >= 15 is 0 Å². The van der Waals surface area contributed by atoms with Crippen LogP contribution in [-0.4, -0.2) is 147 Å². The molecule has 0 radical (unpaired) electrons. The zero-order valence-corrected chi connectivity index (χ0v) is 33.6. The van der Waals surface area contributed by atoms with Crippen LogP contribution in [0.5, 0.6) is 0 Å². The average Bonchev–Trinajstić information content (AvgIpc) is 2.95. The van der Waals surface area contributed by atoms with Gasteiger partial charge in [0.2, 0.25) is 0 Å². The number of esters is 3. The van der Waals surface area contributed by atoms with Gasteiger partial charge in [-0.25, -0.2) is 19.2 Å². The number of carbonyl (C=O) groups is 7. The van der Waals surface area contributed by atoms with Crippen LogP contribution in [0.25, 0.3) is 0 Å². The summed E-state index contributed by atoms with van der Waals surface area (Å²) in [6, 6.07) is 0. The Balaban J connectivity index is -0.0000000711. The molecule has 52 heavy (non-hydrogen) atoms. The van der Waals surface area contributed by atoms with E-state index in [0.717, 1.165) is 32.6 Å². The van der Waals surface area contributed by atoms with Crippen LogP contribution in [0, 0.1) is 0 Å². The molecule has 0 aliphatic rings. The molecular weight excluding hydrogens is 830 g/mol. The molecule has 0 heterocycles. The predicted octanol–water partition coefficient (Wildman–Crippen LogP) is -2.05. The molecule has 23 heteroatoms. The van der Waals surface area contributed by atoms with Gasteiger partial charge < -0.3 is 68.5 Å². The first-order valence-corrected chi connectivity index (χ1v) is 13.2. The molecule has 21 nitrogen and oxygen atoms in total. The third-order valence-corrected chi connectivity index (χ3v) is 3.06. The standard InChI is InChI=1S/C12H18O7.C8H14O7.C4H6O2.2C2H4O2.CH4.K.H2O.Pd/c1-3-18-11(13)9-16-7-5-15-6-8-17-10-12(14)19-4-2;9-7(10)5-14-3-1-13-2-4-15-6-8(11)12;1-3-6-4(2)5;2*1-2(3)4;;;;/h3-4H,1-2,5-10H2;1-6H2,(H,9,10)(H,11,12);3H,1H2,2H3;2*1H3,(H,3,4);1H4;;1H2;/q;;;;;;+1;;/p-1. The van der Waals surface area contributed by atoms with Crippen molar-refractivity contribution in [3.8, 4) is 0 Å². The number of carbonyl (C=O) groups excluding carboxylic acids is 3. The molecular formula is C29H51KO21Pd. The zero-order chi connectivity index (χ0) is 38.0. The van der Waals surface area contributed by atoms with E-state index in [4.69, 9.17) is 49.0 Å². The second-order valence-electron chi connectivity index (χ2n) is 7.35. The summed E-state index contributed by atoms with van der Waals surface area (Å²) in [5.41, 5.74) is 0. The molecule has 0 spiro atoms. The van der Waals surface area contributed by atoms with Crippen LogP contribution in [0.15, 0.2) is 38.5 Å². The number of carboxylic acids is 4. The van der Waals surface area contributed by atoms with Gasteiger partial charge >= 0.3 is 81.2 Å². The molecule has 0 aromatic rings. The summed E-state index contributed by atoms with van der Waals surface area (Å²) in [5.74, 6) is -5.08. The third-order valence-electron chi connectivity index (χ3n) is 3.06. The summed E-state index contributed by atoms with van der Waals surface area (Å²) in [5, 5.41) is 31.2. The Morgan fingerprint density at radius 2 is 0.692 bits per heavy atom. The van der Waals surface area contributed by atoms with Crippen LogP contribution in [0.1, 0.15) is 28.2 Å². The van der Waals surface area contributed by atoms with Crippen molar-refractivity contribution in [3.63, 3.8) is 0 Å². The molecule has 0 saturated heterocycles. The topological polar surface area (TPSA) is 313 Å². The van der Waals surface area contributed by atoms with Gasteiger partial charge in [0.15, 0.2) is 0 Å². The van der Waals surface area contributed by atoms with Crippen LogP contribution < -0.4 is 51.4 Å². The zero-order valence-electron chi connectivity index (χ0n) is 28.9. The normalized spacial score (nSPS) is 8.21. The minimum Gasteiger partial charge on any atom is -0.870 e. The maximum atomic E-state index is 10.8. The van der Waals surface area contributed by atoms with E-state index in [1.165, 1.54) is 6.92 Å². The Labute approximate surface area is 358 Å². The van der Waals surface area contributed by atoms with Crippen LogP contribution >= 0.6 is 0 Å². The molecule has 304 valence electrons. The number of hydrogen-bond acceptors (Lipinski definition) is 17. The van der Waals surface area contributed by atoms with Gasteiger partial charge in [-0.15, -0.1) is 0 Å². The maximum absolute atomic E-state index is 10.8. The molecule has 0 rings (SSSR count).